The zero-order valence-corrected chi connectivity index (χ0v) is 9.40. The molecule has 1 saturated carbocycles. The van der Waals surface area contributed by atoms with Gasteiger partial charge in [0, 0.05) is 16.2 Å². The van der Waals surface area contributed by atoms with Crippen LogP contribution in [0.4, 0.5) is 0 Å². The van der Waals surface area contributed by atoms with Crippen LogP contribution >= 0.6 is 22.6 Å². The van der Waals surface area contributed by atoms with Gasteiger partial charge in [0.2, 0.25) is 0 Å². The first-order valence-corrected chi connectivity index (χ1v) is 5.56. The predicted octanol–water partition coefficient (Wildman–Crippen LogP) is 1.65. The molecule has 4 heteroatoms. The fraction of sp³-hybridized carbons (Fsp3) is 0.556. The van der Waals surface area contributed by atoms with Gasteiger partial charge in [0.05, 0.1) is 6.20 Å². The highest BCUT2D eigenvalue weighted by molar-refractivity contribution is 14.1. The van der Waals surface area contributed by atoms with E-state index in [2.05, 4.69) is 27.7 Å². The SMILES string of the molecule is O=c1cc(I)cnn1CCC1CC1. The van der Waals surface area contributed by atoms with E-state index < -0.39 is 0 Å². The van der Waals surface area contributed by atoms with E-state index in [-0.39, 0.29) is 5.56 Å². The zero-order valence-electron chi connectivity index (χ0n) is 7.24. The largest absolute Gasteiger partial charge is 0.268 e. The normalized spacial score (nSPS) is 16.1. The van der Waals surface area contributed by atoms with Crippen LogP contribution in [0.5, 0.6) is 0 Å². The van der Waals surface area contributed by atoms with Crippen molar-refractivity contribution in [2.75, 3.05) is 0 Å². The van der Waals surface area contributed by atoms with Crippen LogP contribution in [0.2, 0.25) is 0 Å². The van der Waals surface area contributed by atoms with Crippen LogP contribution in [0, 0.1) is 9.49 Å². The molecule has 1 fully saturated rings. The Morgan fingerprint density at radius 1 is 1.62 bits per heavy atom. The van der Waals surface area contributed by atoms with Gasteiger partial charge in [0.1, 0.15) is 0 Å². The molecule has 13 heavy (non-hydrogen) atoms. The summed E-state index contributed by atoms with van der Waals surface area (Å²) in [5, 5.41) is 4.07. The topological polar surface area (TPSA) is 34.9 Å². The first kappa shape index (κ1) is 9.18. The molecule has 1 aromatic rings. The highest BCUT2D eigenvalue weighted by Crippen LogP contribution is 2.32. The Morgan fingerprint density at radius 2 is 2.38 bits per heavy atom. The van der Waals surface area contributed by atoms with Crippen molar-refractivity contribution < 1.29 is 0 Å². The summed E-state index contributed by atoms with van der Waals surface area (Å²) >= 11 is 2.10. The van der Waals surface area contributed by atoms with Crippen LogP contribution in [0.1, 0.15) is 19.3 Å². The lowest BCUT2D eigenvalue weighted by atomic mass is 10.3. The summed E-state index contributed by atoms with van der Waals surface area (Å²) < 4.78 is 2.46. The summed E-state index contributed by atoms with van der Waals surface area (Å²) in [7, 11) is 0. The van der Waals surface area contributed by atoms with E-state index in [1.165, 1.54) is 12.8 Å². The number of aryl methyl sites for hydroxylation is 1. The smallest absolute Gasteiger partial charge is 0.267 e. The van der Waals surface area contributed by atoms with E-state index in [9.17, 15) is 4.79 Å². The van der Waals surface area contributed by atoms with Crippen molar-refractivity contribution in [3.8, 4) is 0 Å². The number of rotatable bonds is 3. The maximum Gasteiger partial charge on any atom is 0.267 e. The maximum absolute atomic E-state index is 11.4. The minimum atomic E-state index is 0.0209. The summed E-state index contributed by atoms with van der Waals surface area (Å²) in [5.41, 5.74) is 0.0209. The van der Waals surface area contributed by atoms with Crippen LogP contribution in [0.3, 0.4) is 0 Å². The molecule has 70 valence electrons. The van der Waals surface area contributed by atoms with Crippen molar-refractivity contribution in [3.63, 3.8) is 0 Å². The van der Waals surface area contributed by atoms with Gasteiger partial charge in [-0.05, 0) is 34.9 Å². The summed E-state index contributed by atoms with van der Waals surface area (Å²) in [6.45, 7) is 0.778. The zero-order chi connectivity index (χ0) is 9.26. The van der Waals surface area contributed by atoms with Crippen molar-refractivity contribution in [1.82, 2.24) is 9.78 Å². The molecule has 0 spiro atoms. The van der Waals surface area contributed by atoms with Crippen molar-refractivity contribution in [2.45, 2.75) is 25.8 Å². The van der Waals surface area contributed by atoms with Gasteiger partial charge in [-0.1, -0.05) is 12.8 Å². The number of hydrogen-bond donors (Lipinski definition) is 0. The maximum atomic E-state index is 11.4. The van der Waals surface area contributed by atoms with E-state index in [1.807, 2.05) is 0 Å². The fourth-order valence-corrected chi connectivity index (χ4v) is 1.68. The number of nitrogens with zero attached hydrogens (tertiary/aromatic N) is 2. The molecular weight excluding hydrogens is 279 g/mol. The van der Waals surface area contributed by atoms with Crippen molar-refractivity contribution >= 4 is 22.6 Å². The summed E-state index contributed by atoms with van der Waals surface area (Å²) in [6, 6.07) is 1.63. The van der Waals surface area contributed by atoms with Gasteiger partial charge in [-0.15, -0.1) is 0 Å². The highest BCUT2D eigenvalue weighted by atomic mass is 127. The third-order valence-corrected chi connectivity index (χ3v) is 2.87. The molecular formula is C9H11IN2O. The third kappa shape index (κ3) is 2.52. The Balaban J connectivity index is 2.06. The number of hydrogen-bond acceptors (Lipinski definition) is 2. The highest BCUT2D eigenvalue weighted by Gasteiger charge is 2.20. The first-order chi connectivity index (χ1) is 6.25. The van der Waals surface area contributed by atoms with Gasteiger partial charge in [0.15, 0.2) is 0 Å². The second kappa shape index (κ2) is 3.77. The molecule has 0 aromatic carbocycles. The predicted molar refractivity (Wildman–Crippen MR) is 58.6 cm³/mol. The molecule has 2 rings (SSSR count). The second-order valence-electron chi connectivity index (χ2n) is 3.47. The second-order valence-corrected chi connectivity index (χ2v) is 4.71. The molecule has 0 saturated heterocycles. The van der Waals surface area contributed by atoms with Gasteiger partial charge in [-0.25, -0.2) is 4.68 Å². The Bertz CT molecular complexity index is 357. The molecule has 1 aliphatic rings. The standard InChI is InChI=1S/C9H11IN2O/c10-8-5-9(13)12(11-6-8)4-3-7-1-2-7/h5-7H,1-4H2. The van der Waals surface area contributed by atoms with Crippen LogP contribution < -0.4 is 5.56 Å². The van der Waals surface area contributed by atoms with Gasteiger partial charge in [-0.3, -0.25) is 4.79 Å². The summed E-state index contributed by atoms with van der Waals surface area (Å²) in [6.07, 6.45) is 5.50. The average Bonchev–Trinajstić information content (AvgIpc) is 2.86. The van der Waals surface area contributed by atoms with Crippen LogP contribution in [0.15, 0.2) is 17.1 Å². The lowest BCUT2D eigenvalue weighted by Crippen LogP contribution is -2.22. The minimum Gasteiger partial charge on any atom is -0.268 e. The van der Waals surface area contributed by atoms with Crippen molar-refractivity contribution in [3.05, 3.63) is 26.2 Å². The van der Waals surface area contributed by atoms with E-state index in [4.69, 9.17) is 0 Å². The molecule has 0 aliphatic heterocycles. The molecule has 0 N–H and O–H groups in total. The number of aromatic nitrogens is 2. The van der Waals surface area contributed by atoms with Crippen LogP contribution in [-0.4, -0.2) is 9.78 Å². The van der Waals surface area contributed by atoms with Crippen LogP contribution in [-0.2, 0) is 6.54 Å². The molecule has 0 bridgehead atoms. The van der Waals surface area contributed by atoms with Gasteiger partial charge >= 0.3 is 0 Å². The van der Waals surface area contributed by atoms with E-state index in [0.29, 0.717) is 0 Å². The molecule has 1 aromatic heterocycles. The molecule has 0 radical (unpaired) electrons. The van der Waals surface area contributed by atoms with Gasteiger partial charge < -0.3 is 0 Å². The molecule has 0 unspecified atom stereocenters. The Kier molecular flexibility index (Phi) is 2.66. The summed E-state index contributed by atoms with van der Waals surface area (Å²) in [4.78, 5) is 11.4. The third-order valence-electron chi connectivity index (χ3n) is 2.28. The van der Waals surface area contributed by atoms with E-state index in [0.717, 1.165) is 22.5 Å². The lowest BCUT2D eigenvalue weighted by Gasteiger charge is -2.02. The Hall–Kier alpha value is -0.390. The molecule has 1 heterocycles. The Labute approximate surface area is 90.3 Å². The van der Waals surface area contributed by atoms with Crippen molar-refractivity contribution in [1.29, 1.82) is 0 Å². The molecule has 3 nitrogen and oxygen atoms in total. The van der Waals surface area contributed by atoms with Gasteiger partial charge in [0.25, 0.3) is 5.56 Å². The minimum absolute atomic E-state index is 0.0209. The van der Waals surface area contributed by atoms with E-state index in [1.54, 1.807) is 16.9 Å². The van der Waals surface area contributed by atoms with Crippen molar-refractivity contribution in [2.24, 2.45) is 5.92 Å². The van der Waals surface area contributed by atoms with Crippen LogP contribution in [0.25, 0.3) is 0 Å². The van der Waals surface area contributed by atoms with Gasteiger partial charge in [-0.2, -0.15) is 5.10 Å². The Morgan fingerprint density at radius 3 is 3.00 bits per heavy atom. The molecule has 1 aliphatic carbocycles. The quantitative estimate of drug-likeness (QED) is 0.793. The summed E-state index contributed by atoms with van der Waals surface area (Å²) in [5.74, 6) is 0.855. The fourth-order valence-electron chi connectivity index (χ4n) is 1.29. The molecule has 0 atom stereocenters. The average molecular weight is 290 g/mol. The molecule has 0 amide bonds. The first-order valence-electron chi connectivity index (χ1n) is 4.48. The lowest BCUT2D eigenvalue weighted by molar-refractivity contribution is 0.521. The number of halogens is 1. The monoisotopic (exact) mass is 290 g/mol. The van der Waals surface area contributed by atoms with E-state index >= 15 is 0 Å².